The van der Waals surface area contributed by atoms with Gasteiger partial charge in [-0.05, 0) is 36.4 Å². The number of hydrogen-bond donors (Lipinski definition) is 2. The number of aromatic nitrogens is 1. The molecule has 0 radical (unpaired) electrons. The summed E-state index contributed by atoms with van der Waals surface area (Å²) in [5.74, 6) is 0.828. The van der Waals surface area contributed by atoms with Crippen LogP contribution in [0.4, 0.5) is 0 Å². The number of thioether (sulfide) groups is 1. The first kappa shape index (κ1) is 18.8. The Kier molecular flexibility index (Phi) is 8.12. The second-order valence-electron chi connectivity index (χ2n) is 5.33. The topological polar surface area (TPSA) is 49.3 Å². The van der Waals surface area contributed by atoms with E-state index in [1.165, 1.54) is 4.90 Å². The van der Waals surface area contributed by atoms with Crippen molar-refractivity contribution in [3.8, 4) is 0 Å². The average molecular weight is 407 g/mol. The second-order valence-corrected chi connectivity index (χ2v) is 7.76. The normalized spacial score (nSPS) is 12.7. The maximum atomic E-state index is 4.32. The van der Waals surface area contributed by atoms with Crippen LogP contribution in [0, 0.1) is 0 Å². The van der Waals surface area contributed by atoms with Gasteiger partial charge in [0.25, 0.3) is 0 Å². The number of pyridine rings is 1. The third-order valence-electron chi connectivity index (χ3n) is 3.33. The number of nitrogens with zero attached hydrogens (tertiary/aromatic N) is 2. The van der Waals surface area contributed by atoms with Crippen molar-refractivity contribution < 1.29 is 0 Å². The standard InChI is InChI=1S/C18H23BrN4S/c1-14(24-17-8-6-15(19)7-9-17)13-23-18(20-2)22-12-10-16-5-3-4-11-21-16/h3-9,11,14H,10,12-13H2,1-2H3,(H2,20,22,23). The minimum atomic E-state index is 0.445. The molecule has 2 aromatic rings. The van der Waals surface area contributed by atoms with E-state index in [2.05, 4.69) is 67.7 Å². The number of rotatable bonds is 7. The predicted molar refractivity (Wildman–Crippen MR) is 107 cm³/mol. The molecule has 0 saturated heterocycles. The lowest BCUT2D eigenvalue weighted by atomic mass is 10.3. The van der Waals surface area contributed by atoms with Crippen LogP contribution in [0.25, 0.3) is 0 Å². The van der Waals surface area contributed by atoms with Gasteiger partial charge in [0, 0.05) is 53.1 Å². The molecule has 4 nitrogen and oxygen atoms in total. The third kappa shape index (κ3) is 6.93. The van der Waals surface area contributed by atoms with Gasteiger partial charge in [-0.2, -0.15) is 0 Å². The van der Waals surface area contributed by atoms with E-state index in [-0.39, 0.29) is 0 Å². The van der Waals surface area contributed by atoms with Crippen molar-refractivity contribution in [1.82, 2.24) is 15.6 Å². The molecular weight excluding hydrogens is 384 g/mol. The molecule has 2 rings (SSSR count). The maximum Gasteiger partial charge on any atom is 0.191 e. The van der Waals surface area contributed by atoms with Gasteiger partial charge < -0.3 is 10.6 Å². The molecule has 0 spiro atoms. The largest absolute Gasteiger partial charge is 0.356 e. The molecule has 24 heavy (non-hydrogen) atoms. The first-order valence-electron chi connectivity index (χ1n) is 7.94. The number of hydrogen-bond acceptors (Lipinski definition) is 3. The Morgan fingerprint density at radius 2 is 2.00 bits per heavy atom. The third-order valence-corrected chi connectivity index (χ3v) is 4.97. The quantitative estimate of drug-likeness (QED) is 0.417. The molecule has 0 saturated carbocycles. The molecule has 128 valence electrons. The van der Waals surface area contributed by atoms with E-state index in [0.717, 1.165) is 35.6 Å². The van der Waals surface area contributed by atoms with Crippen molar-refractivity contribution in [3.63, 3.8) is 0 Å². The molecule has 1 atom stereocenters. The summed E-state index contributed by atoms with van der Waals surface area (Å²) in [5.41, 5.74) is 1.08. The molecule has 1 unspecified atom stereocenters. The van der Waals surface area contributed by atoms with E-state index in [0.29, 0.717) is 5.25 Å². The van der Waals surface area contributed by atoms with Crippen LogP contribution in [0.5, 0.6) is 0 Å². The molecule has 6 heteroatoms. The van der Waals surface area contributed by atoms with E-state index >= 15 is 0 Å². The summed E-state index contributed by atoms with van der Waals surface area (Å²) < 4.78 is 1.11. The minimum Gasteiger partial charge on any atom is -0.356 e. The van der Waals surface area contributed by atoms with Gasteiger partial charge in [-0.25, -0.2) is 0 Å². The van der Waals surface area contributed by atoms with Crippen LogP contribution in [0.1, 0.15) is 12.6 Å². The number of benzene rings is 1. The van der Waals surface area contributed by atoms with Crippen LogP contribution in [-0.4, -0.2) is 36.3 Å². The van der Waals surface area contributed by atoms with Crippen LogP contribution in [0.2, 0.25) is 0 Å². The molecule has 2 N–H and O–H groups in total. The summed E-state index contributed by atoms with van der Waals surface area (Å²) >= 11 is 5.31. The summed E-state index contributed by atoms with van der Waals surface area (Å²) in [4.78, 5) is 9.86. The number of guanidine groups is 1. The van der Waals surface area contributed by atoms with Gasteiger partial charge in [-0.3, -0.25) is 9.98 Å². The highest BCUT2D eigenvalue weighted by atomic mass is 79.9. The highest BCUT2D eigenvalue weighted by Crippen LogP contribution is 2.24. The van der Waals surface area contributed by atoms with E-state index in [1.54, 1.807) is 7.05 Å². The molecular formula is C18H23BrN4S. The zero-order chi connectivity index (χ0) is 17.2. The summed E-state index contributed by atoms with van der Waals surface area (Å²) in [7, 11) is 1.79. The van der Waals surface area contributed by atoms with Crippen molar-refractivity contribution in [2.75, 3.05) is 20.1 Å². The van der Waals surface area contributed by atoms with Crippen molar-refractivity contribution >= 4 is 33.7 Å². The van der Waals surface area contributed by atoms with Gasteiger partial charge in [0.2, 0.25) is 0 Å². The SMILES string of the molecule is CN=C(NCCc1ccccn1)NCC(C)Sc1ccc(Br)cc1. The predicted octanol–water partition coefficient (Wildman–Crippen LogP) is 3.73. The fraction of sp³-hybridized carbons (Fsp3) is 0.333. The van der Waals surface area contributed by atoms with Gasteiger partial charge in [0.05, 0.1) is 0 Å². The Morgan fingerprint density at radius 3 is 2.67 bits per heavy atom. The molecule has 0 bridgehead atoms. The average Bonchev–Trinajstić information content (AvgIpc) is 2.61. The monoisotopic (exact) mass is 406 g/mol. The van der Waals surface area contributed by atoms with Gasteiger partial charge in [-0.1, -0.05) is 28.9 Å². The van der Waals surface area contributed by atoms with E-state index in [4.69, 9.17) is 0 Å². The van der Waals surface area contributed by atoms with Crippen LogP contribution in [0.15, 0.2) is 63.0 Å². The molecule has 1 aromatic carbocycles. The Morgan fingerprint density at radius 1 is 1.21 bits per heavy atom. The van der Waals surface area contributed by atoms with Crippen molar-refractivity contribution in [1.29, 1.82) is 0 Å². The van der Waals surface area contributed by atoms with Gasteiger partial charge >= 0.3 is 0 Å². The molecule has 0 aliphatic rings. The van der Waals surface area contributed by atoms with Crippen LogP contribution in [0.3, 0.4) is 0 Å². The number of halogens is 1. The van der Waals surface area contributed by atoms with E-state index < -0.39 is 0 Å². The van der Waals surface area contributed by atoms with Gasteiger partial charge in [0.1, 0.15) is 0 Å². The van der Waals surface area contributed by atoms with Crippen molar-refractivity contribution in [2.24, 2.45) is 4.99 Å². The molecule has 1 heterocycles. The van der Waals surface area contributed by atoms with E-state index in [1.807, 2.05) is 36.2 Å². The summed E-state index contributed by atoms with van der Waals surface area (Å²) in [5, 5.41) is 7.15. The molecule has 0 fully saturated rings. The Bertz CT molecular complexity index is 631. The summed E-state index contributed by atoms with van der Waals surface area (Å²) in [6.07, 6.45) is 2.70. The number of aliphatic imine (C=N–C) groups is 1. The lowest BCUT2D eigenvalue weighted by Gasteiger charge is -2.16. The molecule has 1 aromatic heterocycles. The minimum absolute atomic E-state index is 0.445. The fourth-order valence-corrected chi connectivity index (χ4v) is 3.29. The lowest BCUT2D eigenvalue weighted by Crippen LogP contribution is -2.40. The molecule has 0 aliphatic heterocycles. The van der Waals surface area contributed by atoms with Crippen LogP contribution in [-0.2, 0) is 6.42 Å². The summed E-state index contributed by atoms with van der Waals surface area (Å²) in [6, 6.07) is 14.4. The Labute approximate surface area is 156 Å². The number of nitrogens with one attached hydrogen (secondary N) is 2. The van der Waals surface area contributed by atoms with Gasteiger partial charge in [-0.15, -0.1) is 11.8 Å². The molecule has 0 aliphatic carbocycles. The first-order valence-corrected chi connectivity index (χ1v) is 9.61. The smallest absolute Gasteiger partial charge is 0.191 e. The highest BCUT2D eigenvalue weighted by molar-refractivity contribution is 9.10. The lowest BCUT2D eigenvalue weighted by molar-refractivity contribution is 0.773. The van der Waals surface area contributed by atoms with Crippen LogP contribution < -0.4 is 10.6 Å². The zero-order valence-electron chi connectivity index (χ0n) is 14.0. The Balaban J connectivity index is 1.69. The van der Waals surface area contributed by atoms with Crippen molar-refractivity contribution in [2.45, 2.75) is 23.5 Å². The van der Waals surface area contributed by atoms with Gasteiger partial charge in [0.15, 0.2) is 5.96 Å². The maximum absolute atomic E-state index is 4.32. The zero-order valence-corrected chi connectivity index (χ0v) is 16.4. The second kappa shape index (κ2) is 10.4. The molecule has 0 amide bonds. The highest BCUT2D eigenvalue weighted by Gasteiger charge is 2.06. The first-order chi connectivity index (χ1) is 11.7. The fourth-order valence-electron chi connectivity index (χ4n) is 2.10. The summed E-state index contributed by atoms with van der Waals surface area (Å²) in [6.45, 7) is 3.87. The van der Waals surface area contributed by atoms with Crippen LogP contribution >= 0.6 is 27.7 Å². The van der Waals surface area contributed by atoms with Crippen molar-refractivity contribution in [3.05, 3.63) is 58.8 Å². The Hall–Kier alpha value is -1.53. The van der Waals surface area contributed by atoms with E-state index in [9.17, 15) is 0 Å².